The molecule has 3 rings (SSSR count). The van der Waals surface area contributed by atoms with E-state index in [9.17, 15) is 9.59 Å². The molecule has 126 valence electrons. The first-order chi connectivity index (χ1) is 11.4. The van der Waals surface area contributed by atoms with Crippen molar-refractivity contribution in [3.8, 4) is 0 Å². The lowest BCUT2D eigenvalue weighted by Gasteiger charge is -2.29. The van der Waals surface area contributed by atoms with Crippen LogP contribution in [-0.2, 0) is 25.5 Å². The van der Waals surface area contributed by atoms with Crippen molar-refractivity contribution in [1.82, 2.24) is 4.98 Å². The van der Waals surface area contributed by atoms with Crippen molar-refractivity contribution in [3.63, 3.8) is 0 Å². The van der Waals surface area contributed by atoms with Gasteiger partial charge in [-0.3, -0.25) is 0 Å². The van der Waals surface area contributed by atoms with E-state index >= 15 is 0 Å². The van der Waals surface area contributed by atoms with Gasteiger partial charge in [0.2, 0.25) is 0 Å². The highest BCUT2D eigenvalue weighted by Gasteiger charge is 2.38. The van der Waals surface area contributed by atoms with Crippen LogP contribution in [0.1, 0.15) is 32.2 Å². The monoisotopic (exact) mass is 346 g/mol. The van der Waals surface area contributed by atoms with Crippen LogP contribution in [0.2, 0.25) is 0 Å². The van der Waals surface area contributed by atoms with Crippen molar-refractivity contribution in [1.29, 1.82) is 0 Å². The van der Waals surface area contributed by atoms with Gasteiger partial charge in [-0.25, -0.2) is 14.6 Å². The molecule has 2 heterocycles. The lowest BCUT2D eigenvalue weighted by molar-refractivity contribution is -0.222. The van der Waals surface area contributed by atoms with Crippen molar-refractivity contribution in [3.05, 3.63) is 35.0 Å². The van der Waals surface area contributed by atoms with Gasteiger partial charge in [0.1, 0.15) is 0 Å². The number of nitrogens with zero attached hydrogens (tertiary/aromatic N) is 1. The second-order valence-electron chi connectivity index (χ2n) is 5.92. The molecule has 0 radical (unpaired) electrons. The Hall–Kier alpha value is -2.41. The van der Waals surface area contributed by atoms with Gasteiger partial charge in [-0.15, -0.1) is 11.3 Å². The highest BCUT2D eigenvalue weighted by atomic mass is 32.1. The van der Waals surface area contributed by atoms with Gasteiger partial charge in [0, 0.05) is 25.7 Å². The van der Waals surface area contributed by atoms with E-state index in [0.29, 0.717) is 0 Å². The number of thiazole rings is 1. The van der Waals surface area contributed by atoms with E-state index < -0.39 is 17.7 Å². The fourth-order valence-corrected chi connectivity index (χ4v) is 3.43. The second kappa shape index (κ2) is 6.24. The molecule has 6 nitrogen and oxygen atoms in total. The maximum absolute atomic E-state index is 11.9. The number of carbonyl (C=O) groups is 2. The Bertz CT molecular complexity index is 816. The molecule has 0 amide bonds. The number of hydrogen-bond acceptors (Lipinski definition) is 7. The predicted octanol–water partition coefficient (Wildman–Crippen LogP) is 3.38. The summed E-state index contributed by atoms with van der Waals surface area (Å²) in [7, 11) is 0. The van der Waals surface area contributed by atoms with E-state index in [1.54, 1.807) is 11.3 Å². The van der Waals surface area contributed by atoms with Gasteiger partial charge in [-0.1, -0.05) is 6.92 Å². The summed E-state index contributed by atoms with van der Waals surface area (Å²) in [4.78, 5) is 28.3. The number of nitrogens with one attached hydrogen (secondary N) is 1. The van der Waals surface area contributed by atoms with Crippen LogP contribution in [0.25, 0.3) is 10.2 Å². The number of esters is 2. The van der Waals surface area contributed by atoms with Gasteiger partial charge in [0.25, 0.3) is 5.79 Å². The molecule has 1 aromatic carbocycles. The van der Waals surface area contributed by atoms with Gasteiger partial charge >= 0.3 is 11.9 Å². The van der Waals surface area contributed by atoms with Crippen LogP contribution in [0, 0.1) is 0 Å². The van der Waals surface area contributed by atoms with Gasteiger partial charge in [-0.2, -0.15) is 0 Å². The van der Waals surface area contributed by atoms with Gasteiger partial charge in [0.05, 0.1) is 15.2 Å². The van der Waals surface area contributed by atoms with E-state index in [4.69, 9.17) is 9.47 Å². The fraction of sp³-hybridized carbons (Fsp3) is 0.353. The van der Waals surface area contributed by atoms with Crippen LogP contribution in [0.15, 0.2) is 30.0 Å². The Balaban J connectivity index is 1.79. The zero-order valence-electron chi connectivity index (χ0n) is 13.7. The maximum atomic E-state index is 11.9. The Morgan fingerprint density at radius 2 is 1.96 bits per heavy atom. The summed E-state index contributed by atoms with van der Waals surface area (Å²) in [5.74, 6) is -2.64. The molecule has 0 bridgehead atoms. The van der Waals surface area contributed by atoms with Crippen molar-refractivity contribution < 1.29 is 19.1 Å². The third kappa shape index (κ3) is 3.41. The molecule has 0 unspecified atom stereocenters. The number of aryl methyl sites for hydroxylation is 1. The van der Waals surface area contributed by atoms with Crippen LogP contribution in [0.5, 0.6) is 0 Å². The minimum Gasteiger partial charge on any atom is -0.419 e. The van der Waals surface area contributed by atoms with E-state index in [-0.39, 0.29) is 5.57 Å². The molecule has 0 saturated carbocycles. The summed E-state index contributed by atoms with van der Waals surface area (Å²) in [6.07, 6.45) is 3.33. The number of carbonyl (C=O) groups excluding carboxylic acids is 2. The van der Waals surface area contributed by atoms with Crippen LogP contribution in [0.4, 0.5) is 5.69 Å². The molecule has 1 aliphatic rings. The molecule has 0 atom stereocenters. The first-order valence-electron chi connectivity index (χ1n) is 7.71. The molecular formula is C17H18N2O4S. The lowest BCUT2D eigenvalue weighted by Crippen LogP contribution is -2.42. The third-order valence-electron chi connectivity index (χ3n) is 3.40. The average molecular weight is 346 g/mol. The topological polar surface area (TPSA) is 77.5 Å². The summed E-state index contributed by atoms with van der Waals surface area (Å²) in [5.41, 5.74) is 1.54. The number of hydrogen-bond donors (Lipinski definition) is 1. The van der Waals surface area contributed by atoms with E-state index in [2.05, 4.69) is 17.2 Å². The number of anilines is 1. The molecule has 7 heteroatoms. The van der Waals surface area contributed by atoms with Crippen molar-refractivity contribution in [2.75, 3.05) is 5.32 Å². The molecule has 1 aromatic heterocycles. The van der Waals surface area contributed by atoms with Crippen LogP contribution in [-0.4, -0.2) is 22.7 Å². The van der Waals surface area contributed by atoms with Crippen LogP contribution < -0.4 is 5.32 Å². The molecule has 24 heavy (non-hydrogen) atoms. The Morgan fingerprint density at radius 3 is 2.62 bits per heavy atom. The summed E-state index contributed by atoms with van der Waals surface area (Å²) in [6.45, 7) is 5.14. The van der Waals surface area contributed by atoms with E-state index in [0.717, 1.165) is 33.8 Å². The largest absolute Gasteiger partial charge is 0.419 e. The Kier molecular flexibility index (Phi) is 4.28. The van der Waals surface area contributed by atoms with Gasteiger partial charge < -0.3 is 14.8 Å². The summed E-state index contributed by atoms with van der Waals surface area (Å²) in [6, 6.07) is 5.69. The summed E-state index contributed by atoms with van der Waals surface area (Å²) < 4.78 is 11.1. The molecule has 0 aliphatic carbocycles. The number of rotatable bonds is 4. The Labute approximate surface area is 143 Å². The zero-order valence-corrected chi connectivity index (χ0v) is 14.5. The smallest absolute Gasteiger partial charge is 0.350 e. The quantitative estimate of drug-likeness (QED) is 0.519. The minimum absolute atomic E-state index is 0.162. The Morgan fingerprint density at radius 1 is 1.25 bits per heavy atom. The van der Waals surface area contributed by atoms with Gasteiger partial charge in [-0.05, 0) is 31.0 Å². The molecule has 1 aliphatic heterocycles. The van der Waals surface area contributed by atoms with Crippen LogP contribution in [0.3, 0.4) is 0 Å². The predicted molar refractivity (Wildman–Crippen MR) is 91.6 cm³/mol. The number of cyclic esters (lactones) is 2. The SMILES string of the molecule is CCCc1nc2ccc(NC=C3C(=O)OC(C)(C)OC3=O)cc2s1. The highest BCUT2D eigenvalue weighted by Crippen LogP contribution is 2.27. The third-order valence-corrected chi connectivity index (χ3v) is 4.47. The minimum atomic E-state index is -1.23. The second-order valence-corrected chi connectivity index (χ2v) is 7.04. The maximum Gasteiger partial charge on any atom is 0.350 e. The molecule has 0 spiro atoms. The highest BCUT2D eigenvalue weighted by molar-refractivity contribution is 7.18. The van der Waals surface area contributed by atoms with Crippen molar-refractivity contribution in [2.45, 2.75) is 39.4 Å². The lowest BCUT2D eigenvalue weighted by atomic mass is 10.2. The standard InChI is InChI=1S/C17H18N2O4S/c1-4-5-14-19-12-7-6-10(8-13(12)24-14)18-9-11-15(20)22-17(2,3)23-16(11)21/h6-9,18H,4-5H2,1-3H3. The zero-order chi connectivity index (χ0) is 17.3. The molecular weight excluding hydrogens is 328 g/mol. The number of benzene rings is 1. The average Bonchev–Trinajstić information content (AvgIpc) is 2.87. The summed E-state index contributed by atoms with van der Waals surface area (Å²) in [5, 5.41) is 4.05. The molecule has 1 fully saturated rings. The normalized spacial score (nSPS) is 16.7. The number of fused-ring (bicyclic) bond motifs is 1. The first kappa shape index (κ1) is 16.4. The van der Waals surface area contributed by atoms with Gasteiger partial charge in [0.15, 0.2) is 5.57 Å². The van der Waals surface area contributed by atoms with Crippen molar-refractivity contribution >= 4 is 39.2 Å². The fourth-order valence-electron chi connectivity index (χ4n) is 2.32. The van der Waals surface area contributed by atoms with Crippen LogP contribution >= 0.6 is 11.3 Å². The molecule has 1 saturated heterocycles. The van der Waals surface area contributed by atoms with E-state index in [1.165, 1.54) is 20.0 Å². The molecule has 1 N–H and O–H groups in total. The number of ether oxygens (including phenoxy) is 2. The van der Waals surface area contributed by atoms with E-state index in [1.807, 2.05) is 18.2 Å². The summed E-state index contributed by atoms with van der Waals surface area (Å²) >= 11 is 1.64. The van der Waals surface area contributed by atoms with Crippen molar-refractivity contribution in [2.24, 2.45) is 0 Å². The first-order valence-corrected chi connectivity index (χ1v) is 8.52. The molecule has 2 aromatic rings. The number of aromatic nitrogens is 1.